The number of methoxy groups -OCH3 is 1. The van der Waals surface area contributed by atoms with Crippen LogP contribution in [0.5, 0.6) is 5.75 Å². The van der Waals surface area contributed by atoms with Gasteiger partial charge in [0.15, 0.2) is 11.0 Å². The Morgan fingerprint density at radius 1 is 1.24 bits per heavy atom. The zero-order valence-corrected chi connectivity index (χ0v) is 18.4. The molecule has 7 heteroatoms. The van der Waals surface area contributed by atoms with Crippen LogP contribution in [0.15, 0.2) is 29.4 Å². The fourth-order valence-corrected chi connectivity index (χ4v) is 5.87. The Kier molecular flexibility index (Phi) is 5.86. The number of ether oxygens (including phenoxy) is 1. The van der Waals surface area contributed by atoms with Crippen molar-refractivity contribution in [3.8, 4) is 17.1 Å². The topological polar surface area (TPSA) is 69.0 Å². The zero-order chi connectivity index (χ0) is 20.5. The number of rotatable bonds is 7. The summed E-state index contributed by atoms with van der Waals surface area (Å²) in [6.45, 7) is 4.10. The summed E-state index contributed by atoms with van der Waals surface area (Å²) in [5.41, 5.74) is 0.888. The van der Waals surface area contributed by atoms with Crippen LogP contribution in [0.2, 0.25) is 0 Å². The summed E-state index contributed by atoms with van der Waals surface area (Å²) in [5.74, 6) is 3.90. The highest BCUT2D eigenvalue weighted by Crippen LogP contribution is 2.49. The largest absolute Gasteiger partial charge is 0.496 e. The normalized spacial score (nSPS) is 25.0. The minimum Gasteiger partial charge on any atom is -0.496 e. The number of hydrogen-bond donors (Lipinski definition) is 1. The summed E-state index contributed by atoms with van der Waals surface area (Å²) in [7, 11) is 3.57. The highest BCUT2D eigenvalue weighted by Gasteiger charge is 2.42. The highest BCUT2D eigenvalue weighted by molar-refractivity contribution is 8.00. The van der Waals surface area contributed by atoms with Gasteiger partial charge in [-0.15, -0.1) is 10.2 Å². The van der Waals surface area contributed by atoms with E-state index in [-0.39, 0.29) is 17.2 Å². The summed E-state index contributed by atoms with van der Waals surface area (Å²) < 4.78 is 7.37. The van der Waals surface area contributed by atoms with Gasteiger partial charge in [0.05, 0.1) is 17.9 Å². The van der Waals surface area contributed by atoms with Crippen LogP contribution in [-0.2, 0) is 11.8 Å². The van der Waals surface area contributed by atoms with E-state index in [1.807, 2.05) is 42.8 Å². The summed E-state index contributed by atoms with van der Waals surface area (Å²) in [4.78, 5) is 12.8. The first-order valence-electron chi connectivity index (χ1n) is 10.5. The van der Waals surface area contributed by atoms with Gasteiger partial charge in [-0.25, -0.2) is 0 Å². The molecular weight excluding hydrogens is 384 g/mol. The van der Waals surface area contributed by atoms with Crippen LogP contribution in [-0.4, -0.2) is 39.1 Å². The predicted octanol–water partition coefficient (Wildman–Crippen LogP) is 3.91. The van der Waals surface area contributed by atoms with Gasteiger partial charge >= 0.3 is 0 Å². The van der Waals surface area contributed by atoms with E-state index in [1.54, 1.807) is 7.11 Å². The lowest BCUT2D eigenvalue weighted by Crippen LogP contribution is -2.43. The monoisotopic (exact) mass is 414 g/mol. The molecule has 5 unspecified atom stereocenters. The zero-order valence-electron chi connectivity index (χ0n) is 17.6. The summed E-state index contributed by atoms with van der Waals surface area (Å²) in [6, 6.07) is 7.99. The van der Waals surface area contributed by atoms with E-state index in [9.17, 15) is 4.79 Å². The number of aromatic nitrogens is 3. The molecule has 1 amide bonds. The molecule has 1 aromatic carbocycles. The molecule has 0 aliphatic heterocycles. The van der Waals surface area contributed by atoms with Crippen LogP contribution in [0, 0.1) is 17.8 Å². The Balaban J connectivity index is 1.40. The van der Waals surface area contributed by atoms with Crippen LogP contribution in [0.1, 0.15) is 39.5 Å². The minimum absolute atomic E-state index is 0.0760. The molecule has 0 saturated heterocycles. The SMILES string of the molecule is COc1ccccc1-c1nnc(SC(C)C(=O)NC(C)C2CC3CCC2C3)n1C. The average molecular weight is 415 g/mol. The van der Waals surface area contributed by atoms with Gasteiger partial charge in [-0.1, -0.05) is 30.3 Å². The first-order valence-corrected chi connectivity index (χ1v) is 11.4. The average Bonchev–Trinajstić information content (AvgIpc) is 3.44. The molecule has 2 aliphatic rings. The van der Waals surface area contributed by atoms with Gasteiger partial charge in [-0.3, -0.25) is 4.79 Å². The number of fused-ring (bicyclic) bond motifs is 2. The summed E-state index contributed by atoms with van der Waals surface area (Å²) in [5, 5.41) is 12.4. The Bertz CT molecular complexity index is 883. The molecule has 2 bridgehead atoms. The van der Waals surface area contributed by atoms with Crippen LogP contribution < -0.4 is 10.1 Å². The van der Waals surface area contributed by atoms with Crippen molar-refractivity contribution < 1.29 is 9.53 Å². The molecule has 0 spiro atoms. The molecule has 2 fully saturated rings. The number of thioether (sulfide) groups is 1. The quantitative estimate of drug-likeness (QED) is 0.696. The molecular formula is C22H30N4O2S. The van der Waals surface area contributed by atoms with Crippen molar-refractivity contribution in [2.45, 2.75) is 56.0 Å². The van der Waals surface area contributed by atoms with Gasteiger partial charge in [0.1, 0.15) is 5.75 Å². The Morgan fingerprint density at radius 2 is 2.03 bits per heavy atom. The Hall–Kier alpha value is -2.02. The standard InChI is InChI=1S/C22H30N4O2S/c1-13(18-12-15-9-10-16(18)11-15)23-21(27)14(2)29-22-25-24-20(26(22)3)17-7-5-6-8-19(17)28-4/h5-8,13-16,18H,9-12H2,1-4H3,(H,23,27). The number of carbonyl (C=O) groups excluding carboxylic acids is 1. The third-order valence-corrected chi connectivity index (χ3v) is 7.77. The van der Waals surface area contributed by atoms with Crippen molar-refractivity contribution >= 4 is 17.7 Å². The van der Waals surface area contributed by atoms with Crippen molar-refractivity contribution in [2.75, 3.05) is 7.11 Å². The van der Waals surface area contributed by atoms with Crippen molar-refractivity contribution in [1.29, 1.82) is 0 Å². The second kappa shape index (κ2) is 8.38. The van der Waals surface area contributed by atoms with Gasteiger partial charge in [0, 0.05) is 13.1 Å². The van der Waals surface area contributed by atoms with E-state index in [1.165, 1.54) is 37.4 Å². The molecule has 1 N–H and O–H groups in total. The van der Waals surface area contributed by atoms with Crippen LogP contribution in [0.25, 0.3) is 11.4 Å². The van der Waals surface area contributed by atoms with Crippen molar-refractivity contribution in [1.82, 2.24) is 20.1 Å². The third-order valence-electron chi connectivity index (χ3n) is 6.64. The summed E-state index contributed by atoms with van der Waals surface area (Å²) >= 11 is 1.44. The van der Waals surface area contributed by atoms with Gasteiger partial charge in [0.2, 0.25) is 5.91 Å². The number of hydrogen-bond acceptors (Lipinski definition) is 5. The molecule has 2 saturated carbocycles. The minimum atomic E-state index is -0.232. The molecule has 156 valence electrons. The second-order valence-electron chi connectivity index (χ2n) is 8.46. The molecule has 2 aromatic rings. The lowest BCUT2D eigenvalue weighted by molar-refractivity contribution is -0.121. The van der Waals surface area contributed by atoms with Crippen molar-refractivity contribution in [2.24, 2.45) is 24.8 Å². The third kappa shape index (κ3) is 4.02. The fraction of sp³-hybridized carbons (Fsp3) is 0.591. The van der Waals surface area contributed by atoms with E-state index in [4.69, 9.17) is 4.74 Å². The molecule has 4 rings (SSSR count). The molecule has 6 nitrogen and oxygen atoms in total. The molecule has 0 radical (unpaired) electrons. The molecule has 2 aliphatic carbocycles. The maximum Gasteiger partial charge on any atom is 0.233 e. The smallest absolute Gasteiger partial charge is 0.233 e. The number of amides is 1. The van der Waals surface area contributed by atoms with Crippen molar-refractivity contribution in [3.63, 3.8) is 0 Å². The molecule has 1 aromatic heterocycles. The van der Waals surface area contributed by atoms with Gasteiger partial charge < -0.3 is 14.6 Å². The molecule has 5 atom stereocenters. The van der Waals surface area contributed by atoms with E-state index in [0.29, 0.717) is 5.92 Å². The second-order valence-corrected chi connectivity index (χ2v) is 9.77. The fourth-order valence-electron chi connectivity index (χ4n) is 5.05. The maximum atomic E-state index is 12.8. The highest BCUT2D eigenvalue weighted by atomic mass is 32.2. The lowest BCUT2D eigenvalue weighted by Gasteiger charge is -2.29. The van der Waals surface area contributed by atoms with Crippen LogP contribution in [0.3, 0.4) is 0 Å². The van der Waals surface area contributed by atoms with E-state index in [0.717, 1.165) is 34.1 Å². The van der Waals surface area contributed by atoms with E-state index in [2.05, 4.69) is 22.4 Å². The van der Waals surface area contributed by atoms with E-state index >= 15 is 0 Å². The van der Waals surface area contributed by atoms with Crippen LogP contribution in [0.4, 0.5) is 0 Å². The number of nitrogens with one attached hydrogen (secondary N) is 1. The molecule has 29 heavy (non-hydrogen) atoms. The Labute approximate surface area is 176 Å². The van der Waals surface area contributed by atoms with Gasteiger partial charge in [-0.2, -0.15) is 0 Å². The first kappa shape index (κ1) is 20.3. The summed E-state index contributed by atoms with van der Waals surface area (Å²) in [6.07, 6.45) is 5.36. The number of para-hydroxylation sites is 1. The van der Waals surface area contributed by atoms with Gasteiger partial charge in [-0.05, 0) is 63.0 Å². The van der Waals surface area contributed by atoms with E-state index < -0.39 is 0 Å². The maximum absolute atomic E-state index is 12.8. The van der Waals surface area contributed by atoms with Crippen molar-refractivity contribution in [3.05, 3.63) is 24.3 Å². The van der Waals surface area contributed by atoms with Gasteiger partial charge in [0.25, 0.3) is 0 Å². The first-order chi connectivity index (χ1) is 14.0. The molecule has 1 heterocycles. The lowest BCUT2D eigenvalue weighted by atomic mass is 9.84. The number of nitrogens with zero attached hydrogens (tertiary/aromatic N) is 3. The predicted molar refractivity (Wildman–Crippen MR) is 115 cm³/mol. The Morgan fingerprint density at radius 3 is 2.72 bits per heavy atom. The number of benzene rings is 1. The van der Waals surface area contributed by atoms with Crippen LogP contribution >= 0.6 is 11.8 Å². The number of carbonyl (C=O) groups is 1.